The van der Waals surface area contributed by atoms with E-state index in [1.165, 1.54) is 17.8 Å². The van der Waals surface area contributed by atoms with Gasteiger partial charge in [-0.1, -0.05) is 66.4 Å². The summed E-state index contributed by atoms with van der Waals surface area (Å²) in [6.45, 7) is 0. The molecular weight excluding hydrogens is 465 g/mol. The fourth-order valence-electron chi connectivity index (χ4n) is 3.91. The number of aromatic amines is 1. The molecule has 1 aliphatic rings. The summed E-state index contributed by atoms with van der Waals surface area (Å²) >= 11 is 1.18. The summed E-state index contributed by atoms with van der Waals surface area (Å²) in [5, 5.41) is 13.5. The predicted octanol–water partition coefficient (Wildman–Crippen LogP) is 5.09. The second kappa shape index (κ2) is 10.1. The molecule has 0 spiro atoms. The molecular formula is C26H22FN5O2S. The second-order valence-corrected chi connectivity index (χ2v) is 8.82. The molecule has 1 aromatic heterocycles. The summed E-state index contributed by atoms with van der Waals surface area (Å²) in [7, 11) is 1.62. The van der Waals surface area contributed by atoms with Gasteiger partial charge in [0.05, 0.1) is 30.2 Å². The van der Waals surface area contributed by atoms with Crippen molar-refractivity contribution in [2.75, 3.05) is 12.9 Å². The lowest BCUT2D eigenvalue weighted by atomic mass is 9.98. The van der Waals surface area contributed by atoms with Crippen LogP contribution in [0.1, 0.15) is 23.6 Å². The molecule has 0 radical (unpaired) electrons. The van der Waals surface area contributed by atoms with E-state index >= 15 is 0 Å². The summed E-state index contributed by atoms with van der Waals surface area (Å²) in [4.78, 5) is 17.6. The molecule has 0 fully saturated rings. The number of rotatable bonds is 7. The molecule has 5 rings (SSSR count). The lowest BCUT2D eigenvalue weighted by molar-refractivity contribution is -0.130. The van der Waals surface area contributed by atoms with Crippen LogP contribution in [-0.2, 0) is 4.79 Å². The zero-order valence-corrected chi connectivity index (χ0v) is 19.7. The van der Waals surface area contributed by atoms with Crippen LogP contribution in [0.3, 0.4) is 0 Å². The molecule has 1 atom stereocenters. The van der Waals surface area contributed by atoms with Crippen LogP contribution in [0.25, 0.3) is 11.4 Å². The second-order valence-electron chi connectivity index (χ2n) is 7.88. The Labute approximate surface area is 206 Å². The summed E-state index contributed by atoms with van der Waals surface area (Å²) in [6, 6.07) is 23.6. The summed E-state index contributed by atoms with van der Waals surface area (Å²) < 4.78 is 19.3. The molecule has 7 nitrogen and oxygen atoms in total. The van der Waals surface area contributed by atoms with Gasteiger partial charge in [-0.2, -0.15) is 5.10 Å². The number of hydrogen-bond donors (Lipinski definition) is 1. The molecule has 0 bridgehead atoms. The van der Waals surface area contributed by atoms with E-state index in [1.807, 2.05) is 54.6 Å². The first-order chi connectivity index (χ1) is 17.1. The Morgan fingerprint density at radius 3 is 2.57 bits per heavy atom. The van der Waals surface area contributed by atoms with Gasteiger partial charge >= 0.3 is 0 Å². The Morgan fingerprint density at radius 2 is 1.83 bits per heavy atom. The number of aromatic nitrogens is 3. The third kappa shape index (κ3) is 4.95. The first-order valence-electron chi connectivity index (χ1n) is 11.0. The van der Waals surface area contributed by atoms with Crippen molar-refractivity contribution in [2.24, 2.45) is 5.10 Å². The Hall–Kier alpha value is -3.98. The minimum atomic E-state index is -0.390. The smallest absolute Gasteiger partial charge is 0.253 e. The number of nitrogens with one attached hydrogen (secondary N) is 1. The number of benzene rings is 3. The molecule has 35 heavy (non-hydrogen) atoms. The quantitative estimate of drug-likeness (QED) is 0.367. The minimum absolute atomic E-state index is 0.0901. The highest BCUT2D eigenvalue weighted by Gasteiger charge is 2.33. The van der Waals surface area contributed by atoms with Crippen molar-refractivity contribution in [1.29, 1.82) is 0 Å². The maximum Gasteiger partial charge on any atom is 0.253 e. The van der Waals surface area contributed by atoms with Crippen LogP contribution in [0.15, 0.2) is 89.1 Å². The Morgan fingerprint density at radius 1 is 1.09 bits per heavy atom. The van der Waals surface area contributed by atoms with E-state index in [4.69, 9.17) is 9.84 Å². The zero-order valence-electron chi connectivity index (χ0n) is 18.9. The Kier molecular flexibility index (Phi) is 6.58. The van der Waals surface area contributed by atoms with E-state index in [-0.39, 0.29) is 17.7 Å². The van der Waals surface area contributed by atoms with Gasteiger partial charge in [0.1, 0.15) is 11.6 Å². The van der Waals surface area contributed by atoms with Gasteiger partial charge in [-0.25, -0.2) is 14.4 Å². The zero-order chi connectivity index (χ0) is 24.2. The molecule has 0 aliphatic carbocycles. The van der Waals surface area contributed by atoms with Crippen molar-refractivity contribution < 1.29 is 13.9 Å². The maximum atomic E-state index is 14.1. The van der Waals surface area contributed by atoms with Gasteiger partial charge in [-0.15, -0.1) is 5.10 Å². The van der Waals surface area contributed by atoms with Gasteiger partial charge in [-0.3, -0.25) is 9.89 Å². The number of carbonyl (C=O) groups is 1. The van der Waals surface area contributed by atoms with Crippen LogP contribution in [0.2, 0.25) is 0 Å². The van der Waals surface area contributed by atoms with Crippen molar-refractivity contribution in [3.63, 3.8) is 0 Å². The van der Waals surface area contributed by atoms with Crippen LogP contribution in [-0.4, -0.2) is 44.7 Å². The van der Waals surface area contributed by atoms with Gasteiger partial charge in [-0.05, 0) is 35.4 Å². The van der Waals surface area contributed by atoms with E-state index in [0.717, 1.165) is 22.6 Å². The standard InChI is InChI=1S/C26H22FN5O2S/c1-34-19-13-11-18(12-14-19)23-15-22(17-7-3-2-4-8-17)31-32(23)24(33)16-35-26-28-25(29-30-26)20-9-5-6-10-21(20)27/h2-14,23H,15-16H2,1H3,(H,28,29,30). The van der Waals surface area contributed by atoms with E-state index in [1.54, 1.807) is 30.3 Å². The van der Waals surface area contributed by atoms with Crippen molar-refractivity contribution >= 4 is 23.4 Å². The van der Waals surface area contributed by atoms with E-state index in [2.05, 4.69) is 15.2 Å². The predicted molar refractivity (Wildman–Crippen MR) is 133 cm³/mol. The number of H-pyrrole nitrogens is 1. The highest BCUT2D eigenvalue weighted by atomic mass is 32.2. The highest BCUT2D eigenvalue weighted by molar-refractivity contribution is 7.99. The third-order valence-electron chi connectivity index (χ3n) is 5.69. The molecule has 1 unspecified atom stereocenters. The van der Waals surface area contributed by atoms with Gasteiger partial charge in [0.25, 0.3) is 5.91 Å². The molecule has 1 amide bonds. The number of halogens is 1. The van der Waals surface area contributed by atoms with E-state index in [9.17, 15) is 9.18 Å². The summed E-state index contributed by atoms with van der Waals surface area (Å²) in [5.41, 5.74) is 3.13. The molecule has 4 aromatic rings. The number of nitrogens with zero attached hydrogens (tertiary/aromatic N) is 4. The number of hydrazone groups is 1. The molecule has 176 valence electrons. The molecule has 9 heteroatoms. The fourth-order valence-corrected chi connectivity index (χ4v) is 4.56. The Balaban J connectivity index is 1.34. The third-order valence-corrected chi connectivity index (χ3v) is 6.52. The first kappa shape index (κ1) is 22.8. The maximum absolute atomic E-state index is 14.1. The fraction of sp³-hybridized carbons (Fsp3) is 0.154. The van der Waals surface area contributed by atoms with Crippen molar-refractivity contribution in [3.05, 3.63) is 95.8 Å². The number of hydrogen-bond acceptors (Lipinski definition) is 6. The van der Waals surface area contributed by atoms with Crippen LogP contribution in [0, 0.1) is 5.82 Å². The van der Waals surface area contributed by atoms with E-state index in [0.29, 0.717) is 23.0 Å². The van der Waals surface area contributed by atoms with Crippen molar-refractivity contribution in [1.82, 2.24) is 20.2 Å². The molecule has 1 N–H and O–H groups in total. The number of carbonyl (C=O) groups excluding carboxylic acids is 1. The molecule has 1 aliphatic heterocycles. The highest BCUT2D eigenvalue weighted by Crippen LogP contribution is 2.34. The lowest BCUT2D eigenvalue weighted by Crippen LogP contribution is -2.28. The summed E-state index contributed by atoms with van der Waals surface area (Å²) in [5.74, 6) is 0.601. The number of methoxy groups -OCH3 is 1. The van der Waals surface area contributed by atoms with Crippen molar-refractivity contribution in [3.8, 4) is 17.1 Å². The minimum Gasteiger partial charge on any atom is -0.497 e. The van der Waals surface area contributed by atoms with Gasteiger partial charge < -0.3 is 4.74 Å². The molecule has 3 aromatic carbocycles. The topological polar surface area (TPSA) is 83.5 Å². The normalized spacial score (nSPS) is 15.2. The van der Waals surface area contributed by atoms with Gasteiger partial charge in [0.15, 0.2) is 5.82 Å². The molecule has 2 heterocycles. The lowest BCUT2D eigenvalue weighted by Gasteiger charge is -2.22. The van der Waals surface area contributed by atoms with E-state index < -0.39 is 5.82 Å². The van der Waals surface area contributed by atoms with Crippen LogP contribution < -0.4 is 4.74 Å². The molecule has 0 saturated carbocycles. The van der Waals surface area contributed by atoms with Crippen LogP contribution >= 0.6 is 11.8 Å². The van der Waals surface area contributed by atoms with Crippen LogP contribution in [0.4, 0.5) is 4.39 Å². The average Bonchev–Trinajstić information content (AvgIpc) is 3.56. The van der Waals surface area contributed by atoms with Crippen LogP contribution in [0.5, 0.6) is 5.75 Å². The monoisotopic (exact) mass is 487 g/mol. The first-order valence-corrected chi connectivity index (χ1v) is 12.0. The Bertz CT molecular complexity index is 1360. The van der Waals surface area contributed by atoms with Gasteiger partial charge in [0.2, 0.25) is 5.16 Å². The largest absolute Gasteiger partial charge is 0.497 e. The summed E-state index contributed by atoms with van der Waals surface area (Å²) in [6.07, 6.45) is 0.602. The average molecular weight is 488 g/mol. The number of amides is 1. The van der Waals surface area contributed by atoms with Crippen molar-refractivity contribution in [2.45, 2.75) is 17.6 Å². The SMILES string of the molecule is COc1ccc(C2CC(c3ccccc3)=NN2C(=O)CSc2n[nH]c(-c3ccccc3F)n2)cc1. The van der Waals surface area contributed by atoms with Gasteiger partial charge in [0, 0.05) is 6.42 Å². The molecule has 0 saturated heterocycles. The number of thioether (sulfide) groups is 1. The number of ether oxygens (including phenoxy) is 1.